The molecular weight excluding hydrogens is 472 g/mol. The highest BCUT2D eigenvalue weighted by atomic mass is 32.1. The normalized spacial score (nSPS) is 16.2. The van der Waals surface area contributed by atoms with E-state index < -0.39 is 17.9 Å². The summed E-state index contributed by atoms with van der Waals surface area (Å²) in [5.74, 6) is -1.06. The fourth-order valence-electron chi connectivity index (χ4n) is 3.79. The van der Waals surface area contributed by atoms with Gasteiger partial charge in [-0.3, -0.25) is 14.4 Å². The van der Waals surface area contributed by atoms with Crippen molar-refractivity contribution >= 4 is 34.9 Å². The predicted molar refractivity (Wildman–Crippen MR) is 132 cm³/mol. The van der Waals surface area contributed by atoms with E-state index in [-0.39, 0.29) is 34.8 Å². The molecule has 35 heavy (non-hydrogen) atoms. The Morgan fingerprint density at radius 3 is 2.51 bits per heavy atom. The van der Waals surface area contributed by atoms with Crippen molar-refractivity contribution in [3.63, 3.8) is 0 Å². The van der Waals surface area contributed by atoms with Crippen LogP contribution in [0, 0.1) is 0 Å². The molecule has 0 bridgehead atoms. The number of carbonyl (C=O) groups excluding carboxylic acids is 3. The summed E-state index contributed by atoms with van der Waals surface area (Å²) in [5.41, 5.74) is 11.7. The van der Waals surface area contributed by atoms with Crippen LogP contribution in [-0.2, 0) is 9.53 Å². The van der Waals surface area contributed by atoms with Gasteiger partial charge in [-0.25, -0.2) is 0 Å². The molecule has 0 spiro atoms. The highest BCUT2D eigenvalue weighted by molar-refractivity contribution is 7.09. The number of hydrogen-bond donors (Lipinski definition) is 3. The van der Waals surface area contributed by atoms with Crippen LogP contribution in [-0.4, -0.2) is 85.4 Å². The van der Waals surface area contributed by atoms with Gasteiger partial charge in [-0.2, -0.15) is 4.37 Å². The molecule has 0 radical (unpaired) electrons. The number of amides is 3. The van der Waals surface area contributed by atoms with Crippen LogP contribution in [0.4, 0.5) is 5.69 Å². The van der Waals surface area contributed by atoms with Gasteiger partial charge < -0.3 is 36.1 Å². The second-order valence-electron chi connectivity index (χ2n) is 8.50. The molecule has 0 unspecified atom stereocenters. The second-order valence-corrected chi connectivity index (χ2v) is 9.27. The first kappa shape index (κ1) is 26.4. The minimum atomic E-state index is -0.965. The summed E-state index contributed by atoms with van der Waals surface area (Å²) < 4.78 is 14.8. The highest BCUT2D eigenvalue weighted by Gasteiger charge is 2.35. The van der Waals surface area contributed by atoms with E-state index in [1.165, 1.54) is 4.90 Å². The standard InChI is InChI=1S/C23H32N6O5S/c1-28(2)10-11-29(23(32)20-17(24)18(21(25)30)27-35-20)19(14-6-8-15(33-3)9-7-14)22(31)26-13-16-5-4-12-34-16/h6-9,16,19H,4-5,10-13,24H2,1-3H3,(H2,25,30)(H,26,31)/t16-,19-/m1/s1. The number of anilines is 1. The first-order chi connectivity index (χ1) is 16.7. The largest absolute Gasteiger partial charge is 0.497 e. The van der Waals surface area contributed by atoms with Crippen molar-refractivity contribution in [1.82, 2.24) is 19.5 Å². The van der Waals surface area contributed by atoms with Crippen LogP contribution in [0.3, 0.4) is 0 Å². The Hall–Kier alpha value is -3.22. The number of carbonyl (C=O) groups is 3. The van der Waals surface area contributed by atoms with Crippen LogP contribution >= 0.6 is 11.5 Å². The highest BCUT2D eigenvalue weighted by Crippen LogP contribution is 2.29. The lowest BCUT2D eigenvalue weighted by atomic mass is 10.0. The lowest BCUT2D eigenvalue weighted by Gasteiger charge is -2.32. The molecule has 1 aromatic carbocycles. The fraction of sp³-hybridized carbons (Fsp3) is 0.478. The van der Waals surface area contributed by atoms with E-state index in [0.29, 0.717) is 31.0 Å². The van der Waals surface area contributed by atoms with Gasteiger partial charge in [-0.15, -0.1) is 0 Å². The van der Waals surface area contributed by atoms with Crippen molar-refractivity contribution in [2.45, 2.75) is 25.0 Å². The molecule has 2 heterocycles. The first-order valence-corrected chi connectivity index (χ1v) is 12.0. The van der Waals surface area contributed by atoms with E-state index in [2.05, 4.69) is 9.69 Å². The van der Waals surface area contributed by atoms with Crippen LogP contribution in [0.1, 0.15) is 44.6 Å². The van der Waals surface area contributed by atoms with Crippen molar-refractivity contribution in [1.29, 1.82) is 0 Å². The van der Waals surface area contributed by atoms with Gasteiger partial charge in [0.05, 0.1) is 18.9 Å². The predicted octanol–water partition coefficient (Wildman–Crippen LogP) is 0.873. The lowest BCUT2D eigenvalue weighted by molar-refractivity contribution is -0.126. The van der Waals surface area contributed by atoms with Gasteiger partial charge >= 0.3 is 0 Å². The number of nitrogens with one attached hydrogen (secondary N) is 1. The SMILES string of the molecule is COc1ccc([C@H](C(=O)NC[C@H]2CCCO2)N(CCN(C)C)C(=O)c2snc(C(N)=O)c2N)cc1. The molecule has 190 valence electrons. The number of nitrogen functional groups attached to an aromatic ring is 1. The maximum atomic E-state index is 13.7. The summed E-state index contributed by atoms with van der Waals surface area (Å²) in [4.78, 5) is 42.3. The monoisotopic (exact) mass is 504 g/mol. The zero-order chi connectivity index (χ0) is 25.5. The summed E-state index contributed by atoms with van der Waals surface area (Å²) in [7, 11) is 5.29. The van der Waals surface area contributed by atoms with Gasteiger partial charge in [0.15, 0.2) is 5.69 Å². The van der Waals surface area contributed by atoms with Crippen LogP contribution in [0.2, 0.25) is 0 Å². The number of primary amides is 1. The molecule has 2 aromatic rings. The molecule has 0 saturated carbocycles. The van der Waals surface area contributed by atoms with E-state index in [1.807, 2.05) is 19.0 Å². The Bertz CT molecular complexity index is 1040. The van der Waals surface area contributed by atoms with Crippen molar-refractivity contribution in [3.8, 4) is 5.75 Å². The average Bonchev–Trinajstić information content (AvgIpc) is 3.49. The van der Waals surface area contributed by atoms with E-state index >= 15 is 0 Å². The number of rotatable bonds is 11. The summed E-state index contributed by atoms with van der Waals surface area (Å²) in [5, 5.41) is 2.94. The number of likely N-dealkylation sites (N-methyl/N-ethyl adjacent to an activating group) is 1. The van der Waals surface area contributed by atoms with Gasteiger partial charge in [-0.1, -0.05) is 12.1 Å². The summed E-state index contributed by atoms with van der Waals surface area (Å²) >= 11 is 0.787. The number of hydrogen-bond acceptors (Lipinski definition) is 9. The van der Waals surface area contributed by atoms with Crippen LogP contribution in [0.25, 0.3) is 0 Å². The molecule has 1 fully saturated rings. The van der Waals surface area contributed by atoms with Gasteiger partial charge in [0.1, 0.15) is 16.7 Å². The number of nitrogens with zero attached hydrogens (tertiary/aromatic N) is 3. The minimum absolute atomic E-state index is 0.0583. The first-order valence-electron chi connectivity index (χ1n) is 11.3. The minimum Gasteiger partial charge on any atom is -0.497 e. The van der Waals surface area contributed by atoms with Gasteiger partial charge in [0, 0.05) is 26.2 Å². The molecule has 11 nitrogen and oxygen atoms in total. The molecule has 0 aliphatic carbocycles. The van der Waals surface area contributed by atoms with Crippen molar-refractivity contribution in [2.24, 2.45) is 5.73 Å². The van der Waals surface area contributed by atoms with Gasteiger partial charge in [0.25, 0.3) is 11.8 Å². The van der Waals surface area contributed by atoms with Crippen LogP contribution in [0.5, 0.6) is 5.75 Å². The summed E-state index contributed by atoms with van der Waals surface area (Å²) in [6, 6.07) is 5.99. The van der Waals surface area contributed by atoms with Crippen LogP contribution < -0.4 is 21.5 Å². The van der Waals surface area contributed by atoms with Crippen molar-refractivity contribution < 1.29 is 23.9 Å². The number of methoxy groups -OCH3 is 1. The molecule has 1 aromatic heterocycles. The second kappa shape index (κ2) is 12.0. The molecule has 2 atom stereocenters. The quantitative estimate of drug-likeness (QED) is 0.407. The summed E-state index contributed by atoms with van der Waals surface area (Å²) in [6.07, 6.45) is 1.75. The zero-order valence-corrected chi connectivity index (χ0v) is 21.0. The smallest absolute Gasteiger partial charge is 0.270 e. The van der Waals surface area contributed by atoms with E-state index in [1.54, 1.807) is 31.4 Å². The number of aromatic nitrogens is 1. The molecular formula is C23H32N6O5S. The number of nitrogens with two attached hydrogens (primary N) is 2. The molecule has 3 rings (SSSR count). The Morgan fingerprint density at radius 1 is 1.26 bits per heavy atom. The molecule has 5 N–H and O–H groups in total. The lowest BCUT2D eigenvalue weighted by Crippen LogP contribution is -2.47. The molecule has 1 aliphatic heterocycles. The third-order valence-electron chi connectivity index (χ3n) is 5.72. The fourth-order valence-corrected chi connectivity index (χ4v) is 4.55. The summed E-state index contributed by atoms with van der Waals surface area (Å²) in [6.45, 7) is 1.72. The third kappa shape index (κ3) is 6.47. The maximum Gasteiger partial charge on any atom is 0.270 e. The average molecular weight is 505 g/mol. The van der Waals surface area contributed by atoms with E-state index in [9.17, 15) is 14.4 Å². The Balaban J connectivity index is 1.99. The Kier molecular flexibility index (Phi) is 9.01. The van der Waals surface area contributed by atoms with E-state index in [0.717, 1.165) is 24.4 Å². The Morgan fingerprint density at radius 2 is 1.97 bits per heavy atom. The van der Waals surface area contributed by atoms with Gasteiger partial charge in [-0.05, 0) is 56.2 Å². The van der Waals surface area contributed by atoms with Gasteiger partial charge in [0.2, 0.25) is 5.91 Å². The molecule has 12 heteroatoms. The zero-order valence-electron chi connectivity index (χ0n) is 20.2. The Labute approximate surface area is 208 Å². The molecule has 3 amide bonds. The number of ether oxygens (including phenoxy) is 2. The van der Waals surface area contributed by atoms with Crippen molar-refractivity contribution in [2.75, 3.05) is 53.2 Å². The third-order valence-corrected chi connectivity index (χ3v) is 6.58. The topological polar surface area (TPSA) is 153 Å². The van der Waals surface area contributed by atoms with Crippen LogP contribution in [0.15, 0.2) is 24.3 Å². The van der Waals surface area contributed by atoms with E-state index in [4.69, 9.17) is 20.9 Å². The maximum absolute atomic E-state index is 13.7. The molecule has 1 saturated heterocycles. The van der Waals surface area contributed by atoms with Crippen molar-refractivity contribution in [3.05, 3.63) is 40.4 Å². The molecule has 1 aliphatic rings. The number of benzene rings is 1.